The van der Waals surface area contributed by atoms with Gasteiger partial charge in [-0.15, -0.1) is 11.8 Å². The van der Waals surface area contributed by atoms with E-state index in [1.54, 1.807) is 0 Å². The van der Waals surface area contributed by atoms with E-state index in [1.165, 1.54) is 35.4 Å². The number of hydrazone groups is 1. The lowest BCUT2D eigenvalue weighted by atomic mass is 9.98. The van der Waals surface area contributed by atoms with Gasteiger partial charge in [0.1, 0.15) is 0 Å². The quantitative estimate of drug-likeness (QED) is 0.800. The molecule has 0 bridgehead atoms. The molecule has 2 aliphatic rings. The van der Waals surface area contributed by atoms with Gasteiger partial charge in [0.25, 0.3) is 0 Å². The molecular weight excluding hydrogens is 230 g/mol. The van der Waals surface area contributed by atoms with Gasteiger partial charge in [-0.05, 0) is 43.0 Å². The number of hydrogen-bond donors (Lipinski definition) is 2. The van der Waals surface area contributed by atoms with Crippen LogP contribution in [0.15, 0.2) is 23.3 Å². The minimum Gasteiger partial charge on any atom is -0.385 e. The Morgan fingerprint density at radius 3 is 3.24 bits per heavy atom. The van der Waals surface area contributed by atoms with Crippen LogP contribution in [0.2, 0.25) is 0 Å². The van der Waals surface area contributed by atoms with Gasteiger partial charge in [0.15, 0.2) is 0 Å². The Kier molecular flexibility index (Phi) is 2.97. The molecule has 3 nitrogen and oxygen atoms in total. The Morgan fingerprint density at radius 2 is 2.35 bits per heavy atom. The number of aryl methyl sites for hydroxylation is 1. The normalized spacial score (nSPS) is 23.1. The van der Waals surface area contributed by atoms with Gasteiger partial charge in [0.2, 0.25) is 0 Å². The van der Waals surface area contributed by atoms with E-state index in [9.17, 15) is 0 Å². The lowest BCUT2D eigenvalue weighted by Crippen LogP contribution is -2.26. The summed E-state index contributed by atoms with van der Waals surface area (Å²) in [5, 5.41) is 8.38. The van der Waals surface area contributed by atoms with Crippen LogP contribution in [-0.4, -0.2) is 23.4 Å². The molecule has 1 atom stereocenters. The summed E-state index contributed by atoms with van der Waals surface area (Å²) in [5.74, 6) is 0.914. The fraction of sp³-hybridized carbons (Fsp3) is 0.462. The highest BCUT2D eigenvalue weighted by atomic mass is 32.2. The van der Waals surface area contributed by atoms with Crippen molar-refractivity contribution >= 4 is 23.2 Å². The number of nitrogens with zero attached hydrogens (tertiary/aromatic N) is 1. The Balaban J connectivity index is 1.95. The summed E-state index contributed by atoms with van der Waals surface area (Å²) in [4.78, 5) is 0. The fourth-order valence-electron chi connectivity index (χ4n) is 2.38. The van der Waals surface area contributed by atoms with Crippen LogP contribution >= 0.6 is 11.8 Å². The number of fused-ring (bicyclic) bond motifs is 1. The van der Waals surface area contributed by atoms with Gasteiger partial charge < -0.3 is 5.32 Å². The van der Waals surface area contributed by atoms with E-state index in [1.807, 2.05) is 11.8 Å². The third-order valence-corrected chi connectivity index (χ3v) is 4.34. The van der Waals surface area contributed by atoms with Crippen molar-refractivity contribution in [3.8, 4) is 0 Å². The van der Waals surface area contributed by atoms with Crippen LogP contribution in [0.4, 0.5) is 5.69 Å². The lowest BCUT2D eigenvalue weighted by molar-refractivity contribution is 0.828. The molecule has 0 spiro atoms. The first kappa shape index (κ1) is 11.0. The van der Waals surface area contributed by atoms with Crippen LogP contribution in [0, 0.1) is 0 Å². The summed E-state index contributed by atoms with van der Waals surface area (Å²) in [6.07, 6.45) is 2.41. The maximum absolute atomic E-state index is 4.46. The van der Waals surface area contributed by atoms with Crippen molar-refractivity contribution in [1.82, 2.24) is 5.43 Å². The van der Waals surface area contributed by atoms with E-state index in [0.29, 0.717) is 5.25 Å². The number of thioether (sulfide) groups is 1. The highest BCUT2D eigenvalue weighted by Crippen LogP contribution is 2.26. The van der Waals surface area contributed by atoms with E-state index in [0.717, 1.165) is 12.4 Å². The molecule has 0 fully saturated rings. The molecule has 90 valence electrons. The zero-order chi connectivity index (χ0) is 11.7. The second-order valence-corrected chi connectivity index (χ2v) is 5.84. The van der Waals surface area contributed by atoms with Gasteiger partial charge in [0, 0.05) is 17.5 Å². The zero-order valence-corrected chi connectivity index (χ0v) is 10.8. The van der Waals surface area contributed by atoms with Gasteiger partial charge >= 0.3 is 0 Å². The summed E-state index contributed by atoms with van der Waals surface area (Å²) < 4.78 is 0. The second kappa shape index (κ2) is 4.61. The SMILES string of the molecule is CC1SCNN=C1c1ccc2c(c1)CCCN2. The number of hydrogen-bond acceptors (Lipinski definition) is 4. The first-order valence-electron chi connectivity index (χ1n) is 6.14. The van der Waals surface area contributed by atoms with Crippen LogP contribution in [0.5, 0.6) is 0 Å². The molecule has 2 N–H and O–H groups in total. The summed E-state index contributed by atoms with van der Waals surface area (Å²) in [7, 11) is 0. The van der Waals surface area contributed by atoms with Crippen molar-refractivity contribution in [2.45, 2.75) is 25.0 Å². The molecule has 0 aliphatic carbocycles. The maximum Gasteiger partial charge on any atom is 0.0803 e. The maximum atomic E-state index is 4.46. The van der Waals surface area contributed by atoms with Crippen LogP contribution in [0.1, 0.15) is 24.5 Å². The third-order valence-electron chi connectivity index (χ3n) is 3.32. The first-order valence-corrected chi connectivity index (χ1v) is 7.19. The van der Waals surface area contributed by atoms with E-state index in [2.05, 4.69) is 41.0 Å². The van der Waals surface area contributed by atoms with E-state index >= 15 is 0 Å². The summed E-state index contributed by atoms with van der Waals surface area (Å²) in [6.45, 7) is 3.32. The molecule has 17 heavy (non-hydrogen) atoms. The number of nitrogens with one attached hydrogen (secondary N) is 2. The van der Waals surface area contributed by atoms with Gasteiger partial charge in [-0.25, -0.2) is 0 Å². The number of anilines is 1. The van der Waals surface area contributed by atoms with E-state index in [4.69, 9.17) is 0 Å². The summed E-state index contributed by atoms with van der Waals surface area (Å²) in [5.41, 5.74) is 8.24. The zero-order valence-electron chi connectivity index (χ0n) is 9.99. The predicted molar refractivity (Wildman–Crippen MR) is 74.8 cm³/mol. The molecule has 0 saturated carbocycles. The van der Waals surface area contributed by atoms with Gasteiger partial charge in [0.05, 0.1) is 11.6 Å². The molecule has 0 amide bonds. The molecule has 0 aromatic heterocycles. The molecule has 2 aliphatic heterocycles. The van der Waals surface area contributed by atoms with Gasteiger partial charge in [-0.3, -0.25) is 5.43 Å². The van der Waals surface area contributed by atoms with Crippen molar-refractivity contribution in [2.75, 3.05) is 17.7 Å². The van der Waals surface area contributed by atoms with Crippen LogP contribution < -0.4 is 10.7 Å². The van der Waals surface area contributed by atoms with Crippen LogP contribution in [0.25, 0.3) is 0 Å². The Morgan fingerprint density at radius 1 is 1.41 bits per heavy atom. The third kappa shape index (κ3) is 2.14. The molecule has 2 heterocycles. The van der Waals surface area contributed by atoms with E-state index < -0.39 is 0 Å². The van der Waals surface area contributed by atoms with Gasteiger partial charge in [-0.2, -0.15) is 5.10 Å². The highest BCUT2D eigenvalue weighted by Gasteiger charge is 2.18. The lowest BCUT2D eigenvalue weighted by Gasteiger charge is -2.22. The highest BCUT2D eigenvalue weighted by molar-refractivity contribution is 8.00. The molecule has 4 heteroatoms. The number of rotatable bonds is 1. The molecule has 1 aromatic rings. The molecule has 1 unspecified atom stereocenters. The monoisotopic (exact) mass is 247 g/mol. The minimum absolute atomic E-state index is 0.478. The molecule has 3 rings (SSSR count). The molecule has 1 aromatic carbocycles. The van der Waals surface area contributed by atoms with E-state index in [-0.39, 0.29) is 0 Å². The Hall–Kier alpha value is -1.16. The standard InChI is InChI=1S/C13H17N3S/c1-9-13(16-15-8-17-9)11-4-5-12-10(7-11)3-2-6-14-12/h4-5,7,9,14-15H,2-3,6,8H2,1H3. The first-order chi connectivity index (χ1) is 8.34. The van der Waals surface area contributed by atoms with Crippen molar-refractivity contribution in [2.24, 2.45) is 5.10 Å². The van der Waals surface area contributed by atoms with Crippen LogP contribution in [0.3, 0.4) is 0 Å². The van der Waals surface area contributed by atoms with Crippen LogP contribution in [-0.2, 0) is 6.42 Å². The number of benzene rings is 1. The second-order valence-electron chi connectivity index (χ2n) is 4.51. The largest absolute Gasteiger partial charge is 0.385 e. The Labute approximate surface area is 106 Å². The molecule has 0 saturated heterocycles. The summed E-state index contributed by atoms with van der Waals surface area (Å²) >= 11 is 1.90. The fourth-order valence-corrected chi connectivity index (χ4v) is 3.12. The molecular formula is C13H17N3S. The topological polar surface area (TPSA) is 36.4 Å². The minimum atomic E-state index is 0.478. The predicted octanol–water partition coefficient (Wildman–Crippen LogP) is 2.43. The average Bonchev–Trinajstić information content (AvgIpc) is 2.39. The van der Waals surface area contributed by atoms with Gasteiger partial charge in [-0.1, -0.05) is 6.07 Å². The Bertz CT molecular complexity index is 456. The average molecular weight is 247 g/mol. The summed E-state index contributed by atoms with van der Waals surface area (Å²) in [6, 6.07) is 6.67. The van der Waals surface area contributed by atoms with Crippen molar-refractivity contribution < 1.29 is 0 Å². The van der Waals surface area contributed by atoms with Crippen molar-refractivity contribution in [3.05, 3.63) is 29.3 Å². The van der Waals surface area contributed by atoms with Crippen molar-refractivity contribution in [1.29, 1.82) is 0 Å². The molecule has 0 radical (unpaired) electrons. The van der Waals surface area contributed by atoms with Crippen molar-refractivity contribution in [3.63, 3.8) is 0 Å². The smallest absolute Gasteiger partial charge is 0.0803 e.